The molecule has 110 valence electrons. The van der Waals surface area contributed by atoms with Gasteiger partial charge in [0.1, 0.15) is 5.01 Å². The summed E-state index contributed by atoms with van der Waals surface area (Å²) < 4.78 is 0. The zero-order valence-corrected chi connectivity index (χ0v) is 13.4. The van der Waals surface area contributed by atoms with Gasteiger partial charge >= 0.3 is 0 Å². The molecule has 0 radical (unpaired) electrons. The fourth-order valence-electron chi connectivity index (χ4n) is 1.99. The van der Waals surface area contributed by atoms with Gasteiger partial charge in [-0.25, -0.2) is 4.98 Å². The molecule has 1 aromatic heterocycles. The largest absolute Gasteiger partial charge is 0.322 e. The van der Waals surface area contributed by atoms with Crippen molar-refractivity contribution in [1.29, 1.82) is 0 Å². The highest BCUT2D eigenvalue weighted by atomic mass is 32.1. The number of rotatable bonds is 10. The van der Waals surface area contributed by atoms with Crippen LogP contribution in [-0.2, 0) is 6.54 Å². The molecule has 1 unspecified atom stereocenters. The first-order valence-electron chi connectivity index (χ1n) is 7.50. The van der Waals surface area contributed by atoms with E-state index in [4.69, 9.17) is 5.73 Å². The van der Waals surface area contributed by atoms with E-state index in [1.165, 1.54) is 32.1 Å². The van der Waals surface area contributed by atoms with Crippen LogP contribution in [0.15, 0.2) is 5.38 Å². The molecular weight excluding hydrogens is 254 g/mol. The molecular formula is C15H29N3S. The van der Waals surface area contributed by atoms with Crippen LogP contribution in [0.5, 0.6) is 0 Å². The van der Waals surface area contributed by atoms with Gasteiger partial charge in [0.15, 0.2) is 0 Å². The Morgan fingerprint density at radius 3 is 2.58 bits per heavy atom. The van der Waals surface area contributed by atoms with Gasteiger partial charge in [0.25, 0.3) is 0 Å². The van der Waals surface area contributed by atoms with Gasteiger partial charge in [-0.05, 0) is 25.8 Å². The van der Waals surface area contributed by atoms with E-state index in [1.807, 2.05) is 6.92 Å². The van der Waals surface area contributed by atoms with Crippen LogP contribution in [0.4, 0.5) is 0 Å². The van der Waals surface area contributed by atoms with Crippen molar-refractivity contribution >= 4 is 11.3 Å². The Labute approximate surface area is 122 Å². The predicted molar refractivity (Wildman–Crippen MR) is 84.3 cm³/mol. The topological polar surface area (TPSA) is 50.9 Å². The summed E-state index contributed by atoms with van der Waals surface area (Å²) in [5, 5.41) is 6.60. The predicted octanol–water partition coefficient (Wildman–Crippen LogP) is 3.86. The van der Waals surface area contributed by atoms with Crippen LogP contribution < -0.4 is 11.1 Å². The molecule has 1 atom stereocenters. The first-order valence-corrected chi connectivity index (χ1v) is 8.38. The van der Waals surface area contributed by atoms with Gasteiger partial charge in [-0.1, -0.05) is 39.5 Å². The van der Waals surface area contributed by atoms with Gasteiger partial charge in [-0.2, -0.15) is 0 Å². The minimum atomic E-state index is 0.0553. The Morgan fingerprint density at radius 2 is 1.95 bits per heavy atom. The Morgan fingerprint density at radius 1 is 1.21 bits per heavy atom. The molecule has 0 spiro atoms. The molecule has 1 heterocycles. The van der Waals surface area contributed by atoms with E-state index in [0.29, 0.717) is 0 Å². The molecule has 0 bridgehead atoms. The lowest BCUT2D eigenvalue weighted by Crippen LogP contribution is -2.15. The van der Waals surface area contributed by atoms with E-state index in [0.717, 1.165) is 29.7 Å². The summed E-state index contributed by atoms with van der Waals surface area (Å²) in [5.41, 5.74) is 6.92. The summed E-state index contributed by atoms with van der Waals surface area (Å²) in [6.07, 6.45) is 6.71. The molecule has 0 saturated heterocycles. The van der Waals surface area contributed by atoms with Crippen molar-refractivity contribution in [2.45, 2.75) is 65.5 Å². The van der Waals surface area contributed by atoms with Gasteiger partial charge in [0.2, 0.25) is 0 Å². The number of unbranched alkanes of at least 4 members (excludes halogenated alkanes) is 3. The van der Waals surface area contributed by atoms with Gasteiger partial charge in [-0.3, -0.25) is 0 Å². The molecule has 1 aromatic rings. The fraction of sp³-hybridized carbons (Fsp3) is 0.800. The quantitative estimate of drug-likeness (QED) is 0.641. The molecule has 0 aliphatic rings. The average molecular weight is 283 g/mol. The molecule has 0 saturated carbocycles. The summed E-state index contributed by atoms with van der Waals surface area (Å²) in [4.78, 5) is 4.51. The Balaban J connectivity index is 1.98. The Hall–Kier alpha value is -0.450. The number of aromatic nitrogens is 1. The van der Waals surface area contributed by atoms with Crippen LogP contribution in [0.1, 0.15) is 69.6 Å². The molecule has 3 nitrogen and oxygen atoms in total. The van der Waals surface area contributed by atoms with E-state index >= 15 is 0 Å². The fourth-order valence-corrected chi connectivity index (χ4v) is 2.76. The van der Waals surface area contributed by atoms with E-state index in [2.05, 4.69) is 29.5 Å². The molecule has 0 aliphatic carbocycles. The maximum absolute atomic E-state index is 5.80. The summed E-state index contributed by atoms with van der Waals surface area (Å²) >= 11 is 1.66. The highest BCUT2D eigenvalue weighted by Crippen LogP contribution is 2.15. The van der Waals surface area contributed by atoms with Gasteiger partial charge < -0.3 is 11.1 Å². The van der Waals surface area contributed by atoms with Crippen molar-refractivity contribution < 1.29 is 0 Å². The van der Waals surface area contributed by atoms with Crippen molar-refractivity contribution in [3.8, 4) is 0 Å². The van der Waals surface area contributed by atoms with Crippen LogP contribution in [0.25, 0.3) is 0 Å². The maximum atomic E-state index is 5.80. The lowest BCUT2D eigenvalue weighted by Gasteiger charge is -2.05. The van der Waals surface area contributed by atoms with Crippen molar-refractivity contribution in [2.24, 2.45) is 11.7 Å². The van der Waals surface area contributed by atoms with Crippen molar-refractivity contribution in [1.82, 2.24) is 10.3 Å². The normalized spacial score (nSPS) is 13.1. The molecule has 4 heteroatoms. The van der Waals surface area contributed by atoms with Crippen LogP contribution in [0.3, 0.4) is 0 Å². The number of nitrogens with one attached hydrogen (secondary N) is 1. The standard InChI is InChI=1S/C15H29N3S/c1-12(2)8-6-4-5-7-9-17-10-14-11-19-15(18-14)13(3)16/h11-13,17H,4-10,16H2,1-3H3. The summed E-state index contributed by atoms with van der Waals surface area (Å²) in [5.74, 6) is 0.849. The average Bonchev–Trinajstić information content (AvgIpc) is 2.81. The van der Waals surface area contributed by atoms with Gasteiger partial charge in [-0.15, -0.1) is 11.3 Å². The van der Waals surface area contributed by atoms with E-state index < -0.39 is 0 Å². The third kappa shape index (κ3) is 7.65. The maximum Gasteiger partial charge on any atom is 0.109 e. The highest BCUT2D eigenvalue weighted by Gasteiger charge is 2.05. The molecule has 0 aromatic carbocycles. The molecule has 0 fully saturated rings. The van der Waals surface area contributed by atoms with Crippen LogP contribution >= 0.6 is 11.3 Å². The second-order valence-electron chi connectivity index (χ2n) is 5.74. The van der Waals surface area contributed by atoms with Crippen LogP contribution in [0, 0.1) is 5.92 Å². The number of nitrogens with zero attached hydrogens (tertiary/aromatic N) is 1. The molecule has 0 aliphatic heterocycles. The second-order valence-corrected chi connectivity index (χ2v) is 6.63. The number of hydrogen-bond acceptors (Lipinski definition) is 4. The Kier molecular flexibility index (Phi) is 8.26. The monoisotopic (exact) mass is 283 g/mol. The van der Waals surface area contributed by atoms with Crippen LogP contribution in [-0.4, -0.2) is 11.5 Å². The molecule has 1 rings (SSSR count). The number of thiazole rings is 1. The van der Waals surface area contributed by atoms with Crippen molar-refractivity contribution in [3.63, 3.8) is 0 Å². The summed E-state index contributed by atoms with van der Waals surface area (Å²) in [6, 6.07) is 0.0553. The second kappa shape index (κ2) is 9.45. The molecule has 3 N–H and O–H groups in total. The number of hydrogen-bond donors (Lipinski definition) is 2. The van der Waals surface area contributed by atoms with Crippen molar-refractivity contribution in [3.05, 3.63) is 16.1 Å². The van der Waals surface area contributed by atoms with E-state index in [-0.39, 0.29) is 6.04 Å². The van der Waals surface area contributed by atoms with Crippen molar-refractivity contribution in [2.75, 3.05) is 6.54 Å². The summed E-state index contributed by atoms with van der Waals surface area (Å²) in [6.45, 7) is 8.53. The molecule has 19 heavy (non-hydrogen) atoms. The first kappa shape index (κ1) is 16.6. The zero-order chi connectivity index (χ0) is 14.1. The van der Waals surface area contributed by atoms with Gasteiger partial charge in [0, 0.05) is 11.9 Å². The zero-order valence-electron chi connectivity index (χ0n) is 12.6. The lowest BCUT2D eigenvalue weighted by atomic mass is 10.0. The van der Waals surface area contributed by atoms with Crippen LogP contribution in [0.2, 0.25) is 0 Å². The van der Waals surface area contributed by atoms with Gasteiger partial charge in [0.05, 0.1) is 11.7 Å². The lowest BCUT2D eigenvalue weighted by molar-refractivity contribution is 0.511. The minimum Gasteiger partial charge on any atom is -0.322 e. The summed E-state index contributed by atoms with van der Waals surface area (Å²) in [7, 11) is 0. The highest BCUT2D eigenvalue weighted by molar-refractivity contribution is 7.09. The van der Waals surface area contributed by atoms with E-state index in [1.54, 1.807) is 11.3 Å². The third-order valence-corrected chi connectivity index (χ3v) is 4.24. The minimum absolute atomic E-state index is 0.0553. The smallest absolute Gasteiger partial charge is 0.109 e. The first-order chi connectivity index (χ1) is 9.09. The van der Waals surface area contributed by atoms with E-state index in [9.17, 15) is 0 Å². The SMILES string of the molecule is CC(C)CCCCCCNCc1csc(C(C)N)n1. The molecule has 0 amide bonds. The number of nitrogens with two attached hydrogens (primary N) is 1. The third-order valence-electron chi connectivity index (χ3n) is 3.15. The Bertz CT molecular complexity index is 334.